The molecule has 3 aromatic carbocycles. The van der Waals surface area contributed by atoms with Crippen molar-refractivity contribution in [3.63, 3.8) is 0 Å². The van der Waals surface area contributed by atoms with Gasteiger partial charge >= 0.3 is 5.97 Å². The summed E-state index contributed by atoms with van der Waals surface area (Å²) in [6, 6.07) is 25.4. The molecule has 7 nitrogen and oxygen atoms in total. The van der Waals surface area contributed by atoms with Crippen molar-refractivity contribution in [2.75, 3.05) is 11.5 Å². The monoisotopic (exact) mass is 552 g/mol. The minimum atomic E-state index is -1.02. The van der Waals surface area contributed by atoms with Gasteiger partial charge in [0.25, 0.3) is 0 Å². The maximum absolute atomic E-state index is 13.7. The molecule has 0 spiro atoms. The van der Waals surface area contributed by atoms with Gasteiger partial charge in [0.15, 0.2) is 0 Å². The van der Waals surface area contributed by atoms with Crippen LogP contribution in [0.2, 0.25) is 0 Å². The van der Waals surface area contributed by atoms with Crippen LogP contribution in [-0.4, -0.2) is 34.6 Å². The Kier molecular flexibility index (Phi) is 9.14. The standard InChI is InChI=1S/C34H36N2O5/c1-24-30(35-32(41-24)26-11-5-2-6-12-26)21-22-40-29-19-17-25(18-20-29)23-31(34(38)39)36(28-15-9-4-10-16-28)33(37)27-13-7-3-8-14-27/h2,4-6,9-12,15-20,27,31H,3,7-8,13-14,21-23H2,1H3,(H,38,39). The molecule has 1 N–H and O–H groups in total. The highest BCUT2D eigenvalue weighted by Crippen LogP contribution is 2.30. The van der Waals surface area contributed by atoms with Crippen LogP contribution in [0.25, 0.3) is 11.5 Å². The van der Waals surface area contributed by atoms with E-state index in [2.05, 4.69) is 4.98 Å². The first-order valence-electron chi connectivity index (χ1n) is 14.3. The second-order valence-corrected chi connectivity index (χ2v) is 10.6. The summed E-state index contributed by atoms with van der Waals surface area (Å²) in [6.07, 6.45) is 5.54. The first-order valence-corrected chi connectivity index (χ1v) is 14.3. The van der Waals surface area contributed by atoms with E-state index in [0.29, 0.717) is 30.4 Å². The second-order valence-electron chi connectivity index (χ2n) is 10.6. The van der Waals surface area contributed by atoms with Gasteiger partial charge < -0.3 is 14.3 Å². The largest absolute Gasteiger partial charge is 0.493 e. The lowest BCUT2D eigenvalue weighted by Crippen LogP contribution is -2.49. The lowest BCUT2D eigenvalue weighted by atomic mass is 9.87. The zero-order valence-corrected chi connectivity index (χ0v) is 23.4. The van der Waals surface area contributed by atoms with Crippen molar-refractivity contribution in [3.05, 3.63) is 102 Å². The molecule has 0 radical (unpaired) electrons. The van der Waals surface area contributed by atoms with E-state index in [1.54, 1.807) is 0 Å². The molecule has 7 heteroatoms. The van der Waals surface area contributed by atoms with E-state index in [9.17, 15) is 14.7 Å². The normalized spacial score (nSPS) is 14.4. The summed E-state index contributed by atoms with van der Waals surface area (Å²) in [5, 5.41) is 10.3. The molecule has 212 valence electrons. The van der Waals surface area contributed by atoms with Gasteiger partial charge in [-0.25, -0.2) is 9.78 Å². The Balaban J connectivity index is 1.24. The van der Waals surface area contributed by atoms with Gasteiger partial charge in [0.1, 0.15) is 17.6 Å². The zero-order valence-electron chi connectivity index (χ0n) is 23.4. The minimum absolute atomic E-state index is 0.0955. The summed E-state index contributed by atoms with van der Waals surface area (Å²) in [5.74, 6) is 0.801. The maximum atomic E-state index is 13.7. The van der Waals surface area contributed by atoms with E-state index in [4.69, 9.17) is 9.15 Å². The number of nitrogens with zero attached hydrogens (tertiary/aromatic N) is 2. The third-order valence-electron chi connectivity index (χ3n) is 7.70. The van der Waals surface area contributed by atoms with Gasteiger partial charge in [-0.05, 0) is 61.7 Å². The summed E-state index contributed by atoms with van der Waals surface area (Å²) < 4.78 is 11.8. The van der Waals surface area contributed by atoms with E-state index >= 15 is 0 Å². The first kappa shape index (κ1) is 28.1. The molecule has 1 fully saturated rings. The number of anilines is 1. The van der Waals surface area contributed by atoms with E-state index in [-0.39, 0.29) is 18.2 Å². The van der Waals surface area contributed by atoms with Crippen LogP contribution in [0.1, 0.15) is 49.1 Å². The number of aromatic nitrogens is 1. The van der Waals surface area contributed by atoms with Gasteiger partial charge in [-0.3, -0.25) is 9.69 Å². The summed E-state index contributed by atoms with van der Waals surface area (Å²) in [4.78, 5) is 32.3. The van der Waals surface area contributed by atoms with Crippen molar-refractivity contribution in [3.8, 4) is 17.2 Å². The number of aryl methyl sites for hydroxylation is 1. The number of carboxylic acid groups (broad SMARTS) is 1. The van der Waals surface area contributed by atoms with Gasteiger partial charge in [0.2, 0.25) is 11.8 Å². The number of oxazole rings is 1. The summed E-state index contributed by atoms with van der Waals surface area (Å²) in [6.45, 7) is 2.33. The Morgan fingerprint density at radius 3 is 2.27 bits per heavy atom. The lowest BCUT2D eigenvalue weighted by molar-refractivity contribution is -0.140. The molecule has 4 aromatic rings. The Morgan fingerprint density at radius 2 is 1.61 bits per heavy atom. The Bertz CT molecular complexity index is 1430. The maximum Gasteiger partial charge on any atom is 0.327 e. The molecule has 1 amide bonds. The number of carbonyl (C=O) groups excluding carboxylic acids is 1. The van der Waals surface area contributed by atoms with Crippen molar-refractivity contribution < 1.29 is 23.8 Å². The Morgan fingerprint density at radius 1 is 0.951 bits per heavy atom. The quantitative estimate of drug-likeness (QED) is 0.218. The topological polar surface area (TPSA) is 92.9 Å². The summed E-state index contributed by atoms with van der Waals surface area (Å²) in [5.41, 5.74) is 3.23. The van der Waals surface area contributed by atoms with E-state index in [1.165, 1.54) is 4.90 Å². The highest BCUT2D eigenvalue weighted by molar-refractivity contribution is 6.00. The number of benzene rings is 3. The second kappa shape index (κ2) is 13.3. The summed E-state index contributed by atoms with van der Waals surface area (Å²) in [7, 11) is 0. The summed E-state index contributed by atoms with van der Waals surface area (Å²) >= 11 is 0. The fourth-order valence-electron chi connectivity index (χ4n) is 5.46. The Labute approximate surface area is 240 Å². The molecule has 0 bridgehead atoms. The average molecular weight is 553 g/mol. The number of carbonyl (C=O) groups is 2. The molecule has 0 saturated heterocycles. The van der Waals surface area contributed by atoms with Crippen LogP contribution >= 0.6 is 0 Å². The molecule has 5 rings (SSSR count). The number of hydrogen-bond donors (Lipinski definition) is 1. The van der Waals surface area contributed by atoms with Crippen LogP contribution in [0.3, 0.4) is 0 Å². The van der Waals surface area contributed by atoms with Gasteiger partial charge in [-0.2, -0.15) is 0 Å². The van der Waals surface area contributed by atoms with Gasteiger partial charge in [0.05, 0.1) is 12.3 Å². The van der Waals surface area contributed by atoms with Crippen molar-refractivity contribution in [2.24, 2.45) is 5.92 Å². The Hall–Kier alpha value is -4.39. The molecule has 0 aliphatic heterocycles. The molecule has 1 unspecified atom stereocenters. The van der Waals surface area contributed by atoms with Crippen LogP contribution in [0, 0.1) is 12.8 Å². The van der Waals surface area contributed by atoms with Crippen LogP contribution in [0.15, 0.2) is 89.3 Å². The predicted octanol–water partition coefficient (Wildman–Crippen LogP) is 6.88. The number of carboxylic acids is 1. The van der Waals surface area contributed by atoms with Crippen LogP contribution in [-0.2, 0) is 22.4 Å². The number of hydrogen-bond acceptors (Lipinski definition) is 5. The number of amides is 1. The fraction of sp³-hybridized carbons (Fsp3) is 0.324. The van der Waals surface area contributed by atoms with Crippen LogP contribution in [0.4, 0.5) is 5.69 Å². The molecule has 1 heterocycles. The zero-order chi connectivity index (χ0) is 28.6. The third-order valence-corrected chi connectivity index (χ3v) is 7.70. The van der Waals surface area contributed by atoms with Crippen molar-refractivity contribution in [2.45, 2.75) is 57.9 Å². The van der Waals surface area contributed by atoms with E-state index < -0.39 is 12.0 Å². The number of para-hydroxylation sites is 1. The first-order chi connectivity index (χ1) is 20.0. The third kappa shape index (κ3) is 7.04. The number of ether oxygens (including phenoxy) is 1. The van der Waals surface area contributed by atoms with Gasteiger partial charge in [-0.15, -0.1) is 0 Å². The number of rotatable bonds is 11. The molecule has 1 saturated carbocycles. The van der Waals surface area contributed by atoms with Crippen molar-refractivity contribution in [1.82, 2.24) is 4.98 Å². The van der Waals surface area contributed by atoms with Crippen molar-refractivity contribution in [1.29, 1.82) is 0 Å². The van der Waals surface area contributed by atoms with E-state index in [0.717, 1.165) is 54.7 Å². The SMILES string of the molecule is Cc1oc(-c2ccccc2)nc1CCOc1ccc(CC(C(=O)O)N(C(=O)C2CCCCC2)c2ccccc2)cc1. The van der Waals surface area contributed by atoms with Crippen LogP contribution < -0.4 is 9.64 Å². The predicted molar refractivity (Wildman–Crippen MR) is 158 cm³/mol. The molecular weight excluding hydrogens is 516 g/mol. The van der Waals surface area contributed by atoms with Gasteiger partial charge in [0, 0.05) is 30.0 Å². The average Bonchev–Trinajstić information content (AvgIpc) is 3.39. The molecular formula is C34H36N2O5. The minimum Gasteiger partial charge on any atom is -0.493 e. The number of aliphatic carboxylic acids is 1. The molecule has 41 heavy (non-hydrogen) atoms. The molecule has 1 aromatic heterocycles. The van der Waals surface area contributed by atoms with Crippen molar-refractivity contribution >= 4 is 17.6 Å². The lowest BCUT2D eigenvalue weighted by Gasteiger charge is -2.33. The molecule has 1 aliphatic carbocycles. The smallest absolute Gasteiger partial charge is 0.327 e. The van der Waals surface area contributed by atoms with Gasteiger partial charge in [-0.1, -0.05) is 67.8 Å². The molecule has 1 atom stereocenters. The highest BCUT2D eigenvalue weighted by atomic mass is 16.5. The van der Waals surface area contributed by atoms with E-state index in [1.807, 2.05) is 91.9 Å². The fourth-order valence-corrected chi connectivity index (χ4v) is 5.46. The van der Waals surface area contributed by atoms with Crippen LogP contribution in [0.5, 0.6) is 5.75 Å². The molecule has 1 aliphatic rings. The highest BCUT2D eigenvalue weighted by Gasteiger charge is 2.35.